The quantitative estimate of drug-likeness (QED) is 0.619. The number of aryl methyl sites for hydroxylation is 1. The van der Waals surface area contributed by atoms with Crippen LogP contribution in [0.2, 0.25) is 0 Å². The molecule has 30 heavy (non-hydrogen) atoms. The normalized spacial score (nSPS) is 12.0. The molecular weight excluding hydrogens is 408 g/mol. The molecule has 1 unspecified atom stereocenters. The van der Waals surface area contributed by atoms with E-state index in [1.54, 1.807) is 25.1 Å². The Morgan fingerprint density at radius 2 is 1.67 bits per heavy atom. The van der Waals surface area contributed by atoms with Gasteiger partial charge in [0.05, 0.1) is 12.2 Å². The molecule has 2 aromatic carbocycles. The van der Waals surface area contributed by atoms with Gasteiger partial charge in [-0.05, 0) is 62.7 Å². The molecule has 0 saturated heterocycles. The SMILES string of the molecule is CCOC(=O)c1ccc(NC(=O)C(C)S(=O)(=O)CC(=O)Nc2cccc(C)c2)cc1. The molecule has 9 heteroatoms. The molecule has 0 aliphatic carbocycles. The van der Waals surface area contributed by atoms with Crippen molar-refractivity contribution in [3.8, 4) is 0 Å². The maximum absolute atomic E-state index is 12.5. The first kappa shape index (κ1) is 23.1. The van der Waals surface area contributed by atoms with E-state index in [-0.39, 0.29) is 6.61 Å². The first-order chi connectivity index (χ1) is 14.1. The number of hydrogen-bond donors (Lipinski definition) is 2. The lowest BCUT2D eigenvalue weighted by Gasteiger charge is -2.14. The summed E-state index contributed by atoms with van der Waals surface area (Å²) in [7, 11) is -4.04. The minimum absolute atomic E-state index is 0.240. The van der Waals surface area contributed by atoms with Crippen LogP contribution in [0.4, 0.5) is 11.4 Å². The number of sulfone groups is 1. The van der Waals surface area contributed by atoms with E-state index in [0.29, 0.717) is 16.9 Å². The maximum Gasteiger partial charge on any atom is 0.338 e. The van der Waals surface area contributed by atoms with E-state index in [1.807, 2.05) is 13.0 Å². The van der Waals surface area contributed by atoms with Gasteiger partial charge in [0.1, 0.15) is 11.0 Å². The number of amides is 2. The zero-order valence-electron chi connectivity index (χ0n) is 17.0. The van der Waals surface area contributed by atoms with E-state index in [2.05, 4.69) is 10.6 Å². The number of carbonyl (C=O) groups excluding carboxylic acids is 3. The Balaban J connectivity index is 1.98. The summed E-state index contributed by atoms with van der Waals surface area (Å²) in [6.45, 7) is 5.00. The second kappa shape index (κ2) is 10.0. The lowest BCUT2D eigenvalue weighted by atomic mass is 10.2. The number of carbonyl (C=O) groups is 3. The van der Waals surface area contributed by atoms with Crippen molar-refractivity contribution in [1.82, 2.24) is 0 Å². The first-order valence-electron chi connectivity index (χ1n) is 9.28. The van der Waals surface area contributed by atoms with Gasteiger partial charge in [0.2, 0.25) is 11.8 Å². The molecule has 2 N–H and O–H groups in total. The fourth-order valence-corrected chi connectivity index (χ4v) is 3.61. The number of nitrogens with one attached hydrogen (secondary N) is 2. The summed E-state index contributed by atoms with van der Waals surface area (Å²) >= 11 is 0. The van der Waals surface area contributed by atoms with E-state index in [0.717, 1.165) is 5.56 Å². The maximum atomic E-state index is 12.5. The summed E-state index contributed by atoms with van der Waals surface area (Å²) in [5, 5.41) is 3.55. The van der Waals surface area contributed by atoms with Gasteiger partial charge in [-0.25, -0.2) is 13.2 Å². The average molecular weight is 432 g/mol. The predicted octanol–water partition coefficient (Wildman–Crippen LogP) is 2.55. The standard InChI is InChI=1S/C21H24N2O6S/c1-4-29-21(26)16-8-10-17(11-9-16)23-20(25)15(3)30(27,28)13-19(24)22-18-7-5-6-14(2)12-18/h5-12,15H,4,13H2,1-3H3,(H,22,24)(H,23,25). The number of rotatable bonds is 8. The van der Waals surface area contributed by atoms with E-state index in [4.69, 9.17) is 4.74 Å². The molecule has 0 bridgehead atoms. The van der Waals surface area contributed by atoms with Crippen LogP contribution in [0.1, 0.15) is 29.8 Å². The number of esters is 1. The summed E-state index contributed by atoms with van der Waals surface area (Å²) < 4.78 is 29.8. The molecule has 0 heterocycles. The minimum Gasteiger partial charge on any atom is -0.462 e. The van der Waals surface area contributed by atoms with Crippen LogP contribution in [-0.4, -0.2) is 43.8 Å². The van der Waals surface area contributed by atoms with Gasteiger partial charge in [-0.1, -0.05) is 12.1 Å². The van der Waals surface area contributed by atoms with Crippen molar-refractivity contribution in [1.29, 1.82) is 0 Å². The van der Waals surface area contributed by atoms with Crippen LogP contribution < -0.4 is 10.6 Å². The Morgan fingerprint density at radius 1 is 1.00 bits per heavy atom. The fourth-order valence-electron chi connectivity index (χ4n) is 2.54. The van der Waals surface area contributed by atoms with Crippen LogP contribution in [0.25, 0.3) is 0 Å². The van der Waals surface area contributed by atoms with Gasteiger partial charge >= 0.3 is 5.97 Å². The third-order valence-corrected chi connectivity index (χ3v) is 6.16. The smallest absolute Gasteiger partial charge is 0.338 e. The Bertz CT molecular complexity index is 1030. The Labute approximate surface area is 175 Å². The molecule has 0 fully saturated rings. The van der Waals surface area contributed by atoms with Crippen molar-refractivity contribution in [2.24, 2.45) is 0 Å². The second-order valence-corrected chi connectivity index (χ2v) is 8.98. The number of benzene rings is 2. The second-order valence-electron chi connectivity index (χ2n) is 6.65. The van der Waals surface area contributed by atoms with Crippen molar-refractivity contribution in [3.63, 3.8) is 0 Å². The molecule has 1 atom stereocenters. The molecule has 8 nitrogen and oxygen atoms in total. The highest BCUT2D eigenvalue weighted by molar-refractivity contribution is 7.93. The lowest BCUT2D eigenvalue weighted by molar-refractivity contribution is -0.115. The van der Waals surface area contributed by atoms with E-state index in [1.165, 1.54) is 31.2 Å². The average Bonchev–Trinajstić information content (AvgIpc) is 2.67. The number of anilines is 2. The Kier molecular flexibility index (Phi) is 7.71. The van der Waals surface area contributed by atoms with Crippen molar-refractivity contribution < 1.29 is 27.5 Å². The van der Waals surface area contributed by atoms with Gasteiger partial charge in [-0.2, -0.15) is 0 Å². The summed E-state index contributed by atoms with van der Waals surface area (Å²) in [4.78, 5) is 36.1. The summed E-state index contributed by atoms with van der Waals surface area (Å²) in [5.41, 5.74) is 2.02. The van der Waals surface area contributed by atoms with Crippen LogP contribution in [0.5, 0.6) is 0 Å². The summed E-state index contributed by atoms with van der Waals surface area (Å²) in [6, 6.07) is 12.8. The van der Waals surface area contributed by atoms with Crippen LogP contribution >= 0.6 is 0 Å². The van der Waals surface area contributed by atoms with Crippen molar-refractivity contribution in [2.75, 3.05) is 23.0 Å². The van der Waals surface area contributed by atoms with E-state index >= 15 is 0 Å². The molecule has 0 aliphatic rings. The molecular formula is C21H24N2O6S. The van der Waals surface area contributed by atoms with Gasteiger partial charge in [0.25, 0.3) is 0 Å². The lowest BCUT2D eigenvalue weighted by Crippen LogP contribution is -2.37. The molecule has 0 radical (unpaired) electrons. The highest BCUT2D eigenvalue weighted by atomic mass is 32.2. The number of ether oxygens (including phenoxy) is 1. The van der Waals surface area contributed by atoms with Crippen LogP contribution in [0.3, 0.4) is 0 Å². The van der Waals surface area contributed by atoms with Crippen molar-refractivity contribution in [2.45, 2.75) is 26.0 Å². The summed E-state index contributed by atoms with van der Waals surface area (Å²) in [5.74, 6) is -2.82. The zero-order chi connectivity index (χ0) is 22.3. The molecule has 160 valence electrons. The van der Waals surface area contributed by atoms with Gasteiger partial charge in [0, 0.05) is 11.4 Å². The molecule has 2 rings (SSSR count). The largest absolute Gasteiger partial charge is 0.462 e. The van der Waals surface area contributed by atoms with Gasteiger partial charge < -0.3 is 15.4 Å². The fraction of sp³-hybridized carbons (Fsp3) is 0.286. The minimum atomic E-state index is -4.04. The topological polar surface area (TPSA) is 119 Å². The predicted molar refractivity (Wildman–Crippen MR) is 114 cm³/mol. The zero-order valence-corrected chi connectivity index (χ0v) is 17.8. The molecule has 0 aliphatic heterocycles. The highest BCUT2D eigenvalue weighted by Gasteiger charge is 2.30. The third-order valence-electron chi connectivity index (χ3n) is 4.21. The third kappa shape index (κ3) is 6.41. The first-order valence-corrected chi connectivity index (χ1v) is 11.0. The van der Waals surface area contributed by atoms with Crippen LogP contribution in [0, 0.1) is 6.92 Å². The van der Waals surface area contributed by atoms with Crippen LogP contribution in [0.15, 0.2) is 48.5 Å². The van der Waals surface area contributed by atoms with Gasteiger partial charge in [-0.15, -0.1) is 0 Å². The number of hydrogen-bond acceptors (Lipinski definition) is 6. The van der Waals surface area contributed by atoms with Gasteiger partial charge in [-0.3, -0.25) is 9.59 Å². The Hall–Kier alpha value is -3.20. The molecule has 0 saturated carbocycles. The molecule has 2 aromatic rings. The monoisotopic (exact) mass is 432 g/mol. The van der Waals surface area contributed by atoms with E-state index < -0.39 is 38.6 Å². The van der Waals surface area contributed by atoms with Crippen LogP contribution in [-0.2, 0) is 24.2 Å². The molecule has 0 aromatic heterocycles. The molecule has 2 amide bonds. The van der Waals surface area contributed by atoms with Gasteiger partial charge in [0.15, 0.2) is 9.84 Å². The summed E-state index contributed by atoms with van der Waals surface area (Å²) in [6.07, 6.45) is 0. The van der Waals surface area contributed by atoms with E-state index in [9.17, 15) is 22.8 Å². The van der Waals surface area contributed by atoms with Crippen molar-refractivity contribution >= 4 is 39.0 Å². The molecule has 0 spiro atoms. The highest BCUT2D eigenvalue weighted by Crippen LogP contribution is 2.14. The van der Waals surface area contributed by atoms with Crippen molar-refractivity contribution in [3.05, 3.63) is 59.7 Å². The Morgan fingerprint density at radius 3 is 2.27 bits per heavy atom.